The van der Waals surface area contributed by atoms with E-state index in [1.54, 1.807) is 49.3 Å². The summed E-state index contributed by atoms with van der Waals surface area (Å²) < 4.78 is 22.2. The lowest BCUT2D eigenvalue weighted by molar-refractivity contribution is 0.346. The van der Waals surface area contributed by atoms with Gasteiger partial charge in [-0.3, -0.25) is 0 Å². The van der Waals surface area contributed by atoms with Gasteiger partial charge in [0.25, 0.3) is 0 Å². The van der Waals surface area contributed by atoms with Crippen molar-refractivity contribution in [2.75, 3.05) is 33.9 Å². The summed E-state index contributed by atoms with van der Waals surface area (Å²) in [4.78, 5) is 5.48. The molecular formula is C15H22N3O2PS. The summed E-state index contributed by atoms with van der Waals surface area (Å²) in [6.45, 7) is 2.07. The van der Waals surface area contributed by atoms with Crippen LogP contribution in [0.5, 0.6) is 5.88 Å². The highest BCUT2D eigenvalue weighted by molar-refractivity contribution is 7.99. The van der Waals surface area contributed by atoms with Gasteiger partial charge in [-0.2, -0.15) is 0 Å². The van der Waals surface area contributed by atoms with Gasteiger partial charge in [0.15, 0.2) is 0 Å². The lowest BCUT2D eigenvalue weighted by Crippen LogP contribution is -2.24. The van der Waals surface area contributed by atoms with Crippen LogP contribution in [-0.4, -0.2) is 48.3 Å². The quantitative estimate of drug-likeness (QED) is 0.586. The summed E-state index contributed by atoms with van der Waals surface area (Å²) in [5.74, 6) is 1.32. The van der Waals surface area contributed by atoms with Crippen LogP contribution >= 0.6 is 19.4 Å². The van der Waals surface area contributed by atoms with Crippen LogP contribution in [0.3, 0.4) is 0 Å². The molecule has 0 amide bonds. The van der Waals surface area contributed by atoms with Gasteiger partial charge in [0, 0.05) is 5.39 Å². The van der Waals surface area contributed by atoms with Crippen LogP contribution in [0.15, 0.2) is 35.2 Å². The largest absolute Gasteiger partial charge is 0.402 e. The van der Waals surface area contributed by atoms with Crippen molar-refractivity contribution in [3.8, 4) is 5.88 Å². The molecule has 2 rings (SSSR count). The first-order valence-electron chi connectivity index (χ1n) is 7.06. The van der Waals surface area contributed by atoms with E-state index in [-0.39, 0.29) is 0 Å². The summed E-state index contributed by atoms with van der Waals surface area (Å²) >= 11 is 1.64. The molecule has 2 aromatic rings. The van der Waals surface area contributed by atoms with Crippen LogP contribution in [0.2, 0.25) is 0 Å². The molecule has 22 heavy (non-hydrogen) atoms. The fraction of sp³-hybridized carbons (Fsp3) is 0.400. The Hall–Kier alpha value is -1.07. The Balaban J connectivity index is 2.52. The van der Waals surface area contributed by atoms with E-state index in [1.807, 2.05) is 30.3 Å². The van der Waals surface area contributed by atoms with Crippen LogP contribution in [0.4, 0.5) is 0 Å². The van der Waals surface area contributed by atoms with Gasteiger partial charge in [0.05, 0.1) is 10.4 Å². The van der Waals surface area contributed by atoms with Crippen LogP contribution in [-0.2, 0) is 4.57 Å². The highest BCUT2D eigenvalue weighted by atomic mass is 32.2. The first-order chi connectivity index (χ1) is 10.4. The zero-order valence-electron chi connectivity index (χ0n) is 13.6. The summed E-state index contributed by atoms with van der Waals surface area (Å²) in [7, 11) is 3.86. The highest BCUT2D eigenvalue weighted by Gasteiger charge is 2.32. The summed E-state index contributed by atoms with van der Waals surface area (Å²) in [6, 6.07) is 9.91. The zero-order valence-corrected chi connectivity index (χ0v) is 15.3. The molecule has 0 N–H and O–H groups in total. The molecule has 1 aromatic carbocycles. The van der Waals surface area contributed by atoms with E-state index in [2.05, 4.69) is 11.9 Å². The Labute approximate surface area is 136 Å². The Morgan fingerprint density at radius 1 is 1.18 bits per heavy atom. The van der Waals surface area contributed by atoms with Crippen molar-refractivity contribution < 1.29 is 9.09 Å². The van der Waals surface area contributed by atoms with Gasteiger partial charge >= 0.3 is 7.67 Å². The zero-order chi connectivity index (χ0) is 16.3. The van der Waals surface area contributed by atoms with Crippen molar-refractivity contribution in [2.24, 2.45) is 0 Å². The number of pyridine rings is 1. The van der Waals surface area contributed by atoms with Crippen molar-refractivity contribution in [1.82, 2.24) is 14.3 Å². The SMILES string of the molecule is CCSc1cc2ccccc2nc1OP(=O)(N(C)C)N(C)C. The highest BCUT2D eigenvalue weighted by Crippen LogP contribution is 2.51. The second-order valence-corrected chi connectivity index (χ2v) is 9.26. The van der Waals surface area contributed by atoms with Gasteiger partial charge in [-0.25, -0.2) is 18.9 Å². The van der Waals surface area contributed by atoms with Gasteiger partial charge < -0.3 is 4.52 Å². The van der Waals surface area contributed by atoms with E-state index in [0.29, 0.717) is 5.88 Å². The molecule has 1 heterocycles. The van der Waals surface area contributed by atoms with Gasteiger partial charge in [-0.1, -0.05) is 25.1 Å². The van der Waals surface area contributed by atoms with E-state index < -0.39 is 7.67 Å². The summed E-state index contributed by atoms with van der Waals surface area (Å²) in [6.07, 6.45) is 0. The molecule has 0 saturated carbocycles. The molecular weight excluding hydrogens is 317 g/mol. The molecule has 0 aliphatic heterocycles. The number of rotatable bonds is 6. The number of aromatic nitrogens is 1. The molecule has 5 nitrogen and oxygen atoms in total. The molecule has 1 aromatic heterocycles. The average molecular weight is 339 g/mol. The number of hydrogen-bond acceptors (Lipinski definition) is 4. The Kier molecular flexibility index (Phi) is 5.50. The number of benzene rings is 1. The smallest absolute Gasteiger partial charge is 0.395 e. The van der Waals surface area contributed by atoms with E-state index in [0.717, 1.165) is 21.6 Å². The maximum atomic E-state index is 13.1. The van der Waals surface area contributed by atoms with Crippen LogP contribution < -0.4 is 4.52 Å². The Morgan fingerprint density at radius 2 is 1.82 bits per heavy atom. The molecule has 0 bridgehead atoms. The van der Waals surface area contributed by atoms with Crippen molar-refractivity contribution in [3.05, 3.63) is 30.3 Å². The van der Waals surface area contributed by atoms with Crippen molar-refractivity contribution >= 4 is 30.3 Å². The minimum Gasteiger partial charge on any atom is -0.402 e. The molecule has 0 radical (unpaired) electrons. The maximum absolute atomic E-state index is 13.1. The molecule has 120 valence electrons. The maximum Gasteiger partial charge on any atom is 0.395 e. The number of para-hydroxylation sites is 1. The van der Waals surface area contributed by atoms with E-state index >= 15 is 0 Å². The van der Waals surface area contributed by atoms with Crippen molar-refractivity contribution in [1.29, 1.82) is 0 Å². The minimum atomic E-state index is -3.12. The average Bonchev–Trinajstić information content (AvgIpc) is 2.47. The summed E-state index contributed by atoms with van der Waals surface area (Å²) in [5, 5.41) is 1.05. The Bertz CT molecular complexity index is 694. The lowest BCUT2D eigenvalue weighted by Gasteiger charge is -2.29. The predicted octanol–water partition coefficient (Wildman–Crippen LogP) is 3.96. The van der Waals surface area contributed by atoms with Gasteiger partial charge in [-0.05, 0) is 46.1 Å². The predicted molar refractivity (Wildman–Crippen MR) is 93.7 cm³/mol. The first-order valence-corrected chi connectivity index (χ1v) is 9.58. The molecule has 0 atom stereocenters. The monoisotopic (exact) mass is 339 g/mol. The van der Waals surface area contributed by atoms with Crippen molar-refractivity contribution in [2.45, 2.75) is 11.8 Å². The number of thioether (sulfide) groups is 1. The normalized spacial score (nSPS) is 12.3. The lowest BCUT2D eigenvalue weighted by atomic mass is 10.2. The number of hydrogen-bond donors (Lipinski definition) is 0. The number of nitrogens with zero attached hydrogens (tertiary/aromatic N) is 3. The topological polar surface area (TPSA) is 45.7 Å². The fourth-order valence-electron chi connectivity index (χ4n) is 2.04. The fourth-order valence-corrected chi connectivity index (χ4v) is 4.24. The molecule has 7 heteroatoms. The standard InChI is InChI=1S/C15H22N3O2PS/c1-6-22-14-11-12-9-7-8-10-13(12)16-15(14)20-21(19,17(2)3)18(4)5/h7-11H,6H2,1-5H3. The van der Waals surface area contributed by atoms with E-state index in [9.17, 15) is 4.57 Å². The molecule has 0 saturated heterocycles. The first kappa shape index (κ1) is 17.3. The third-order valence-electron chi connectivity index (χ3n) is 3.17. The van der Waals surface area contributed by atoms with Crippen LogP contribution in [0.25, 0.3) is 10.9 Å². The third-order valence-corrected chi connectivity index (χ3v) is 6.50. The Morgan fingerprint density at radius 3 is 2.41 bits per heavy atom. The van der Waals surface area contributed by atoms with Gasteiger partial charge in [-0.15, -0.1) is 11.8 Å². The van der Waals surface area contributed by atoms with Gasteiger partial charge in [0.1, 0.15) is 0 Å². The van der Waals surface area contributed by atoms with E-state index in [1.165, 1.54) is 0 Å². The molecule has 0 aliphatic carbocycles. The van der Waals surface area contributed by atoms with Crippen molar-refractivity contribution in [3.63, 3.8) is 0 Å². The minimum absolute atomic E-state index is 0.427. The molecule has 0 spiro atoms. The van der Waals surface area contributed by atoms with Gasteiger partial charge in [0.2, 0.25) is 5.88 Å². The van der Waals surface area contributed by atoms with Crippen LogP contribution in [0, 0.1) is 0 Å². The van der Waals surface area contributed by atoms with E-state index in [4.69, 9.17) is 4.52 Å². The molecule has 0 unspecified atom stereocenters. The third kappa shape index (κ3) is 3.46. The molecule has 0 aliphatic rings. The molecule has 0 fully saturated rings. The number of fused-ring (bicyclic) bond motifs is 1. The van der Waals surface area contributed by atoms with Crippen LogP contribution in [0.1, 0.15) is 6.92 Å². The summed E-state index contributed by atoms with van der Waals surface area (Å²) in [5.41, 5.74) is 0.835. The second-order valence-electron chi connectivity index (χ2n) is 5.19. The second kappa shape index (κ2) is 7.01.